The van der Waals surface area contributed by atoms with Gasteiger partial charge in [0.25, 0.3) is 0 Å². The monoisotopic (exact) mass is 260 g/mol. The number of carboxylic acids is 1. The molecule has 100 valence electrons. The fourth-order valence-electron chi connectivity index (χ4n) is 1.80. The molecule has 0 bridgehead atoms. The molecule has 0 aromatic heterocycles. The molecule has 5 heteroatoms. The molecule has 0 atom stereocenters. The lowest BCUT2D eigenvalue weighted by atomic mass is 10.0. The van der Waals surface area contributed by atoms with Gasteiger partial charge in [-0.05, 0) is 30.2 Å². The third-order valence-electron chi connectivity index (χ3n) is 3.17. The Morgan fingerprint density at radius 3 is 2.68 bits per heavy atom. The second-order valence-corrected chi connectivity index (χ2v) is 4.52. The predicted octanol–water partition coefficient (Wildman–Crippen LogP) is 0.921. The van der Waals surface area contributed by atoms with Gasteiger partial charge in [0.15, 0.2) is 0 Å². The van der Waals surface area contributed by atoms with Crippen LogP contribution in [0, 0.1) is 0 Å². The van der Waals surface area contributed by atoms with E-state index in [2.05, 4.69) is 10.6 Å². The first-order chi connectivity index (χ1) is 9.08. The van der Waals surface area contributed by atoms with Gasteiger partial charge < -0.3 is 15.7 Å². The SMILES string of the molecule is CC(C(=O)NCc1cccc(C(=O)O)c1)=C1CNC1. The van der Waals surface area contributed by atoms with E-state index in [1.807, 2.05) is 0 Å². The van der Waals surface area contributed by atoms with Crippen molar-refractivity contribution in [2.45, 2.75) is 13.5 Å². The first-order valence-corrected chi connectivity index (χ1v) is 6.07. The van der Waals surface area contributed by atoms with Crippen molar-refractivity contribution in [2.75, 3.05) is 13.1 Å². The summed E-state index contributed by atoms with van der Waals surface area (Å²) in [5.74, 6) is -1.07. The summed E-state index contributed by atoms with van der Waals surface area (Å²) in [6.45, 7) is 3.68. The fourth-order valence-corrected chi connectivity index (χ4v) is 1.80. The minimum Gasteiger partial charge on any atom is -0.478 e. The van der Waals surface area contributed by atoms with Crippen LogP contribution < -0.4 is 10.6 Å². The zero-order valence-electron chi connectivity index (χ0n) is 10.7. The molecular formula is C14H16N2O3. The summed E-state index contributed by atoms with van der Waals surface area (Å²) in [7, 11) is 0. The number of rotatable bonds is 4. The van der Waals surface area contributed by atoms with Crippen LogP contribution in [0.2, 0.25) is 0 Å². The predicted molar refractivity (Wildman–Crippen MR) is 70.8 cm³/mol. The van der Waals surface area contributed by atoms with Crippen LogP contribution >= 0.6 is 0 Å². The smallest absolute Gasteiger partial charge is 0.335 e. The second kappa shape index (κ2) is 5.67. The zero-order chi connectivity index (χ0) is 13.8. The molecule has 0 radical (unpaired) electrons. The number of carboxylic acid groups (broad SMARTS) is 1. The molecule has 3 N–H and O–H groups in total. The lowest BCUT2D eigenvalue weighted by Crippen LogP contribution is -2.37. The molecular weight excluding hydrogens is 244 g/mol. The average Bonchev–Trinajstić information content (AvgIpc) is 2.34. The molecule has 2 rings (SSSR count). The highest BCUT2D eigenvalue weighted by Crippen LogP contribution is 2.09. The average molecular weight is 260 g/mol. The van der Waals surface area contributed by atoms with Crippen LogP contribution in [0.25, 0.3) is 0 Å². The van der Waals surface area contributed by atoms with E-state index in [4.69, 9.17) is 5.11 Å². The Balaban J connectivity index is 1.97. The summed E-state index contributed by atoms with van der Waals surface area (Å²) in [4.78, 5) is 22.7. The van der Waals surface area contributed by atoms with Gasteiger partial charge in [0.05, 0.1) is 5.56 Å². The highest BCUT2D eigenvalue weighted by molar-refractivity contribution is 5.94. The second-order valence-electron chi connectivity index (χ2n) is 4.52. The lowest BCUT2D eigenvalue weighted by Gasteiger charge is -2.21. The maximum Gasteiger partial charge on any atom is 0.335 e. The first kappa shape index (κ1) is 13.3. The maximum atomic E-state index is 11.9. The molecule has 0 spiro atoms. The van der Waals surface area contributed by atoms with Crippen LogP contribution in [0.15, 0.2) is 35.4 Å². The number of amides is 1. The first-order valence-electron chi connectivity index (χ1n) is 6.07. The van der Waals surface area contributed by atoms with E-state index in [-0.39, 0.29) is 11.5 Å². The van der Waals surface area contributed by atoms with Gasteiger partial charge in [-0.2, -0.15) is 0 Å². The number of carbonyl (C=O) groups excluding carboxylic acids is 1. The van der Waals surface area contributed by atoms with Crippen molar-refractivity contribution < 1.29 is 14.7 Å². The summed E-state index contributed by atoms with van der Waals surface area (Å²) >= 11 is 0. The topological polar surface area (TPSA) is 78.4 Å². The maximum absolute atomic E-state index is 11.9. The van der Waals surface area contributed by atoms with Crippen LogP contribution in [-0.4, -0.2) is 30.1 Å². The quantitative estimate of drug-likeness (QED) is 0.703. The Morgan fingerprint density at radius 1 is 1.37 bits per heavy atom. The molecule has 0 aliphatic carbocycles. The summed E-state index contributed by atoms with van der Waals surface area (Å²) < 4.78 is 0. The van der Waals surface area contributed by atoms with Gasteiger partial charge in [-0.15, -0.1) is 0 Å². The Labute approximate surface area is 111 Å². The lowest BCUT2D eigenvalue weighted by molar-refractivity contribution is -0.117. The van der Waals surface area contributed by atoms with Crippen molar-refractivity contribution in [1.29, 1.82) is 0 Å². The minimum absolute atomic E-state index is 0.0998. The number of hydrogen-bond donors (Lipinski definition) is 3. The van der Waals surface area contributed by atoms with Gasteiger partial charge in [0.2, 0.25) is 5.91 Å². The molecule has 1 aliphatic rings. The van der Waals surface area contributed by atoms with Crippen molar-refractivity contribution >= 4 is 11.9 Å². The summed E-state index contributed by atoms with van der Waals surface area (Å²) in [6.07, 6.45) is 0. The Morgan fingerprint density at radius 2 is 2.11 bits per heavy atom. The number of aromatic carboxylic acids is 1. The van der Waals surface area contributed by atoms with Crippen LogP contribution in [0.4, 0.5) is 0 Å². The molecule has 0 unspecified atom stereocenters. The van der Waals surface area contributed by atoms with Gasteiger partial charge in [-0.1, -0.05) is 12.1 Å². The number of nitrogens with one attached hydrogen (secondary N) is 2. The van der Waals surface area contributed by atoms with Gasteiger partial charge >= 0.3 is 5.97 Å². The van der Waals surface area contributed by atoms with Crippen molar-refractivity contribution in [1.82, 2.24) is 10.6 Å². The molecule has 1 fully saturated rings. The zero-order valence-corrected chi connectivity index (χ0v) is 10.7. The van der Waals surface area contributed by atoms with E-state index in [1.165, 1.54) is 6.07 Å². The highest BCUT2D eigenvalue weighted by Gasteiger charge is 2.15. The number of hydrogen-bond acceptors (Lipinski definition) is 3. The van der Waals surface area contributed by atoms with Crippen LogP contribution in [0.3, 0.4) is 0 Å². The molecule has 0 saturated carbocycles. The normalized spacial score (nSPS) is 13.6. The summed E-state index contributed by atoms with van der Waals surface area (Å²) in [6, 6.07) is 6.56. The molecule has 1 heterocycles. The van der Waals surface area contributed by atoms with Crippen LogP contribution in [0.5, 0.6) is 0 Å². The third kappa shape index (κ3) is 3.20. The molecule has 1 amide bonds. The van der Waals surface area contributed by atoms with E-state index < -0.39 is 5.97 Å². The molecule has 5 nitrogen and oxygen atoms in total. The number of carbonyl (C=O) groups is 2. The van der Waals surface area contributed by atoms with E-state index in [9.17, 15) is 9.59 Å². The highest BCUT2D eigenvalue weighted by atomic mass is 16.4. The van der Waals surface area contributed by atoms with Crippen molar-refractivity contribution in [3.8, 4) is 0 Å². The molecule has 1 aromatic rings. The Kier molecular flexibility index (Phi) is 3.97. The number of benzene rings is 1. The van der Waals surface area contributed by atoms with Gasteiger partial charge in [0.1, 0.15) is 0 Å². The minimum atomic E-state index is -0.966. The summed E-state index contributed by atoms with van der Waals surface area (Å²) in [5.41, 5.74) is 2.87. The molecule has 1 aliphatic heterocycles. The van der Waals surface area contributed by atoms with Crippen molar-refractivity contribution in [2.24, 2.45) is 0 Å². The van der Waals surface area contributed by atoms with Crippen molar-refractivity contribution in [3.63, 3.8) is 0 Å². The third-order valence-corrected chi connectivity index (χ3v) is 3.17. The summed E-state index contributed by atoms with van der Waals surface area (Å²) in [5, 5.41) is 14.8. The van der Waals surface area contributed by atoms with E-state index in [0.717, 1.165) is 29.8 Å². The van der Waals surface area contributed by atoms with Gasteiger partial charge in [0, 0.05) is 25.2 Å². The molecule has 1 saturated heterocycles. The van der Waals surface area contributed by atoms with Crippen LogP contribution in [-0.2, 0) is 11.3 Å². The largest absolute Gasteiger partial charge is 0.478 e. The van der Waals surface area contributed by atoms with E-state index >= 15 is 0 Å². The van der Waals surface area contributed by atoms with Gasteiger partial charge in [-0.3, -0.25) is 4.79 Å². The molecule has 1 aromatic carbocycles. The van der Waals surface area contributed by atoms with Gasteiger partial charge in [-0.25, -0.2) is 4.79 Å². The standard InChI is InChI=1S/C14H16N2O3/c1-9(12-7-15-8-12)13(17)16-6-10-3-2-4-11(5-10)14(18)19/h2-5,15H,6-8H2,1H3,(H,16,17)(H,18,19). The van der Waals surface area contributed by atoms with Crippen molar-refractivity contribution in [3.05, 3.63) is 46.5 Å². The van der Waals surface area contributed by atoms with Crippen LogP contribution in [0.1, 0.15) is 22.8 Å². The Bertz CT molecular complexity index is 543. The molecule has 19 heavy (non-hydrogen) atoms. The van der Waals surface area contributed by atoms with E-state index in [1.54, 1.807) is 25.1 Å². The Hall–Kier alpha value is -2.14. The fraction of sp³-hybridized carbons (Fsp3) is 0.286. The van der Waals surface area contributed by atoms with E-state index in [0.29, 0.717) is 6.54 Å².